The SMILES string of the molecule is CNC(=O)c1ccc(N[C@@H]2CC[C@H](C(=O)OC)C2)c([N+](=O)[O-])c1. The molecule has 0 aromatic heterocycles. The highest BCUT2D eigenvalue weighted by atomic mass is 16.6. The van der Waals surface area contributed by atoms with E-state index in [9.17, 15) is 19.7 Å². The number of nitro benzene ring substituents is 1. The van der Waals surface area contributed by atoms with Crippen LogP contribution >= 0.6 is 0 Å². The second kappa shape index (κ2) is 7.08. The van der Waals surface area contributed by atoms with Gasteiger partial charge in [-0.15, -0.1) is 0 Å². The van der Waals surface area contributed by atoms with Crippen LogP contribution in [0.2, 0.25) is 0 Å². The number of anilines is 1. The van der Waals surface area contributed by atoms with Gasteiger partial charge in [0.15, 0.2) is 0 Å². The monoisotopic (exact) mass is 321 g/mol. The lowest BCUT2D eigenvalue weighted by molar-refractivity contribution is -0.384. The average molecular weight is 321 g/mol. The fourth-order valence-corrected chi connectivity index (χ4v) is 2.80. The Labute approximate surface area is 133 Å². The fourth-order valence-electron chi connectivity index (χ4n) is 2.80. The Hall–Kier alpha value is -2.64. The maximum absolute atomic E-state index is 11.6. The summed E-state index contributed by atoms with van der Waals surface area (Å²) >= 11 is 0. The van der Waals surface area contributed by atoms with Gasteiger partial charge in [0.05, 0.1) is 18.0 Å². The Bertz CT molecular complexity index is 632. The lowest BCUT2D eigenvalue weighted by atomic mass is 10.1. The molecular formula is C15H19N3O5. The molecule has 1 saturated carbocycles. The quantitative estimate of drug-likeness (QED) is 0.485. The van der Waals surface area contributed by atoms with E-state index in [4.69, 9.17) is 4.74 Å². The van der Waals surface area contributed by atoms with E-state index in [-0.39, 0.29) is 35.1 Å². The van der Waals surface area contributed by atoms with Gasteiger partial charge in [0.1, 0.15) is 5.69 Å². The maximum atomic E-state index is 11.6. The molecule has 124 valence electrons. The number of esters is 1. The Balaban J connectivity index is 2.15. The van der Waals surface area contributed by atoms with Crippen LogP contribution in [-0.4, -0.2) is 37.0 Å². The second-order valence-corrected chi connectivity index (χ2v) is 5.44. The minimum atomic E-state index is -0.526. The van der Waals surface area contributed by atoms with Gasteiger partial charge in [-0.05, 0) is 31.4 Å². The van der Waals surface area contributed by atoms with Gasteiger partial charge in [0.25, 0.3) is 11.6 Å². The molecular weight excluding hydrogens is 302 g/mol. The number of amides is 1. The number of nitrogens with zero attached hydrogens (tertiary/aromatic N) is 1. The van der Waals surface area contributed by atoms with Gasteiger partial charge < -0.3 is 15.4 Å². The molecule has 1 fully saturated rings. The van der Waals surface area contributed by atoms with Crippen LogP contribution in [0, 0.1) is 16.0 Å². The van der Waals surface area contributed by atoms with E-state index >= 15 is 0 Å². The maximum Gasteiger partial charge on any atom is 0.308 e. The number of carbonyl (C=O) groups excluding carboxylic acids is 2. The number of hydrogen-bond donors (Lipinski definition) is 2. The summed E-state index contributed by atoms with van der Waals surface area (Å²) in [6.45, 7) is 0. The summed E-state index contributed by atoms with van der Waals surface area (Å²) in [5, 5.41) is 16.8. The lowest BCUT2D eigenvalue weighted by Gasteiger charge is -2.15. The lowest BCUT2D eigenvalue weighted by Crippen LogP contribution is -2.20. The molecule has 1 aliphatic carbocycles. The van der Waals surface area contributed by atoms with Crippen molar-refractivity contribution in [3.8, 4) is 0 Å². The third-order valence-electron chi connectivity index (χ3n) is 4.01. The molecule has 1 aromatic carbocycles. The highest BCUT2D eigenvalue weighted by molar-refractivity contribution is 5.95. The number of benzene rings is 1. The summed E-state index contributed by atoms with van der Waals surface area (Å²) in [5.74, 6) is -0.813. The van der Waals surface area contributed by atoms with Crippen molar-refractivity contribution in [2.75, 3.05) is 19.5 Å². The van der Waals surface area contributed by atoms with Crippen molar-refractivity contribution in [3.63, 3.8) is 0 Å². The van der Waals surface area contributed by atoms with Crippen molar-refractivity contribution >= 4 is 23.3 Å². The molecule has 1 aliphatic rings. The molecule has 8 heteroatoms. The number of methoxy groups -OCH3 is 1. The first-order valence-electron chi connectivity index (χ1n) is 7.31. The number of carbonyl (C=O) groups is 2. The van der Waals surface area contributed by atoms with Crippen molar-refractivity contribution in [2.24, 2.45) is 5.92 Å². The molecule has 1 amide bonds. The molecule has 0 aliphatic heterocycles. The molecule has 0 saturated heterocycles. The number of rotatable bonds is 5. The van der Waals surface area contributed by atoms with Gasteiger partial charge in [-0.1, -0.05) is 0 Å². The van der Waals surface area contributed by atoms with Crippen molar-refractivity contribution < 1.29 is 19.2 Å². The number of nitrogens with one attached hydrogen (secondary N) is 2. The van der Waals surface area contributed by atoms with E-state index in [0.29, 0.717) is 18.5 Å². The molecule has 23 heavy (non-hydrogen) atoms. The third kappa shape index (κ3) is 3.77. The van der Waals surface area contributed by atoms with Crippen LogP contribution in [0.25, 0.3) is 0 Å². The molecule has 0 bridgehead atoms. The topological polar surface area (TPSA) is 111 Å². The Morgan fingerprint density at radius 2 is 2.09 bits per heavy atom. The summed E-state index contributed by atoms with van der Waals surface area (Å²) in [7, 11) is 2.82. The first kappa shape index (κ1) is 16.7. The van der Waals surface area contributed by atoms with Crippen LogP contribution in [0.5, 0.6) is 0 Å². The summed E-state index contributed by atoms with van der Waals surface area (Å²) in [4.78, 5) is 33.8. The second-order valence-electron chi connectivity index (χ2n) is 5.44. The van der Waals surface area contributed by atoms with E-state index in [1.165, 1.54) is 32.4 Å². The van der Waals surface area contributed by atoms with Crippen molar-refractivity contribution in [1.82, 2.24) is 5.32 Å². The first-order valence-corrected chi connectivity index (χ1v) is 7.31. The van der Waals surface area contributed by atoms with E-state index in [1.54, 1.807) is 0 Å². The van der Waals surface area contributed by atoms with Gasteiger partial charge in [-0.3, -0.25) is 19.7 Å². The van der Waals surface area contributed by atoms with Gasteiger partial charge in [0.2, 0.25) is 0 Å². The molecule has 0 radical (unpaired) electrons. The summed E-state index contributed by atoms with van der Waals surface area (Å²) < 4.78 is 4.73. The number of ether oxygens (including phenoxy) is 1. The van der Waals surface area contributed by atoms with Gasteiger partial charge >= 0.3 is 5.97 Å². The molecule has 0 unspecified atom stereocenters. The zero-order valence-corrected chi connectivity index (χ0v) is 13.0. The highest BCUT2D eigenvalue weighted by Crippen LogP contribution is 2.32. The third-order valence-corrected chi connectivity index (χ3v) is 4.01. The molecule has 0 heterocycles. The average Bonchev–Trinajstić information content (AvgIpc) is 3.02. The van der Waals surface area contributed by atoms with Crippen LogP contribution in [0.1, 0.15) is 29.6 Å². The standard InChI is InChI=1S/C15H19N3O5/c1-16-14(19)9-4-6-12(13(8-9)18(21)22)17-11-5-3-10(7-11)15(20)23-2/h4,6,8,10-11,17H,3,5,7H2,1-2H3,(H,16,19)/t10-,11+/m0/s1. The summed E-state index contributed by atoms with van der Waals surface area (Å²) in [6.07, 6.45) is 1.99. The largest absolute Gasteiger partial charge is 0.469 e. The highest BCUT2D eigenvalue weighted by Gasteiger charge is 2.31. The van der Waals surface area contributed by atoms with Crippen LogP contribution in [-0.2, 0) is 9.53 Å². The predicted molar refractivity (Wildman–Crippen MR) is 83.3 cm³/mol. The van der Waals surface area contributed by atoms with E-state index in [2.05, 4.69) is 10.6 Å². The number of hydrogen-bond acceptors (Lipinski definition) is 6. The van der Waals surface area contributed by atoms with Crippen LogP contribution in [0.15, 0.2) is 18.2 Å². The smallest absolute Gasteiger partial charge is 0.308 e. The first-order chi connectivity index (χ1) is 11.0. The van der Waals surface area contributed by atoms with Crippen molar-refractivity contribution in [1.29, 1.82) is 0 Å². The minimum absolute atomic E-state index is 0.0383. The summed E-state index contributed by atoms with van der Waals surface area (Å²) in [5.41, 5.74) is 0.411. The van der Waals surface area contributed by atoms with E-state index in [1.807, 2.05) is 0 Å². The van der Waals surface area contributed by atoms with Crippen LogP contribution in [0.4, 0.5) is 11.4 Å². The Morgan fingerprint density at radius 3 is 2.70 bits per heavy atom. The van der Waals surface area contributed by atoms with Gasteiger partial charge in [0, 0.05) is 24.7 Å². The fraction of sp³-hybridized carbons (Fsp3) is 0.467. The van der Waals surface area contributed by atoms with E-state index < -0.39 is 4.92 Å². The van der Waals surface area contributed by atoms with Crippen LogP contribution in [0.3, 0.4) is 0 Å². The molecule has 1 aromatic rings. The molecule has 8 nitrogen and oxygen atoms in total. The molecule has 2 N–H and O–H groups in total. The molecule has 2 rings (SSSR count). The zero-order chi connectivity index (χ0) is 17.0. The van der Waals surface area contributed by atoms with Gasteiger partial charge in [-0.2, -0.15) is 0 Å². The van der Waals surface area contributed by atoms with Crippen LogP contribution < -0.4 is 10.6 Å². The van der Waals surface area contributed by atoms with Crippen molar-refractivity contribution in [3.05, 3.63) is 33.9 Å². The predicted octanol–water partition coefficient (Wildman–Crippen LogP) is 1.71. The van der Waals surface area contributed by atoms with Crippen molar-refractivity contribution in [2.45, 2.75) is 25.3 Å². The Morgan fingerprint density at radius 1 is 1.35 bits per heavy atom. The molecule has 0 spiro atoms. The normalized spacial score (nSPS) is 19.9. The zero-order valence-electron chi connectivity index (χ0n) is 13.0. The number of nitro groups is 1. The van der Waals surface area contributed by atoms with Gasteiger partial charge in [-0.25, -0.2) is 0 Å². The minimum Gasteiger partial charge on any atom is -0.469 e. The summed E-state index contributed by atoms with van der Waals surface area (Å²) in [6, 6.07) is 4.26. The Kier molecular flexibility index (Phi) is 5.15. The molecule has 2 atom stereocenters. The van der Waals surface area contributed by atoms with E-state index in [0.717, 1.165) is 6.42 Å².